The summed E-state index contributed by atoms with van der Waals surface area (Å²) in [5.74, 6) is 1.76. The average molecular weight is 228 g/mol. The molecule has 0 saturated heterocycles. The lowest BCUT2D eigenvalue weighted by atomic mass is 10.1. The van der Waals surface area contributed by atoms with Gasteiger partial charge in [0, 0.05) is 19.4 Å². The van der Waals surface area contributed by atoms with Crippen LogP contribution in [-0.2, 0) is 13.5 Å². The SMILES string of the molecule is Cn1c(C2CCCC2)nc(CCN)c1Cl. The molecular formula is C11H18ClN3. The highest BCUT2D eigenvalue weighted by atomic mass is 35.5. The van der Waals surface area contributed by atoms with Crippen LogP contribution in [-0.4, -0.2) is 16.1 Å². The molecule has 1 saturated carbocycles. The molecule has 2 rings (SSSR count). The Morgan fingerprint density at radius 2 is 2.13 bits per heavy atom. The fraction of sp³-hybridized carbons (Fsp3) is 0.727. The summed E-state index contributed by atoms with van der Waals surface area (Å²) < 4.78 is 2.03. The van der Waals surface area contributed by atoms with Gasteiger partial charge in [0.1, 0.15) is 11.0 Å². The smallest absolute Gasteiger partial charge is 0.131 e. The maximum atomic E-state index is 6.22. The van der Waals surface area contributed by atoms with Crippen LogP contribution in [0.25, 0.3) is 0 Å². The molecule has 0 aliphatic heterocycles. The maximum Gasteiger partial charge on any atom is 0.131 e. The molecule has 0 bridgehead atoms. The molecule has 4 heteroatoms. The summed E-state index contributed by atoms with van der Waals surface area (Å²) in [4.78, 5) is 4.63. The summed E-state index contributed by atoms with van der Waals surface area (Å²) >= 11 is 6.22. The number of halogens is 1. The van der Waals surface area contributed by atoms with Crippen LogP contribution in [0.1, 0.15) is 43.1 Å². The van der Waals surface area contributed by atoms with E-state index in [0.29, 0.717) is 12.5 Å². The summed E-state index contributed by atoms with van der Waals surface area (Å²) in [5.41, 5.74) is 6.50. The van der Waals surface area contributed by atoms with Crippen molar-refractivity contribution in [2.24, 2.45) is 12.8 Å². The van der Waals surface area contributed by atoms with Gasteiger partial charge in [0.2, 0.25) is 0 Å². The van der Waals surface area contributed by atoms with Crippen molar-refractivity contribution >= 4 is 11.6 Å². The number of imidazole rings is 1. The van der Waals surface area contributed by atoms with Gasteiger partial charge in [-0.2, -0.15) is 0 Å². The van der Waals surface area contributed by atoms with Crippen LogP contribution in [0.3, 0.4) is 0 Å². The normalized spacial score (nSPS) is 17.5. The fourth-order valence-corrected chi connectivity index (χ4v) is 2.62. The third kappa shape index (κ3) is 2.04. The van der Waals surface area contributed by atoms with Gasteiger partial charge in [-0.05, 0) is 19.4 Å². The number of hydrogen-bond donors (Lipinski definition) is 1. The van der Waals surface area contributed by atoms with Crippen LogP contribution in [0.2, 0.25) is 5.15 Å². The van der Waals surface area contributed by atoms with Gasteiger partial charge in [-0.1, -0.05) is 24.4 Å². The Balaban J connectivity index is 2.27. The van der Waals surface area contributed by atoms with E-state index >= 15 is 0 Å². The number of aromatic nitrogens is 2. The molecule has 1 aromatic heterocycles. The third-order valence-electron chi connectivity index (χ3n) is 3.23. The third-order valence-corrected chi connectivity index (χ3v) is 3.70. The predicted molar refractivity (Wildman–Crippen MR) is 62.2 cm³/mol. The van der Waals surface area contributed by atoms with Crippen LogP contribution in [0.15, 0.2) is 0 Å². The van der Waals surface area contributed by atoms with Gasteiger partial charge in [0.25, 0.3) is 0 Å². The second kappa shape index (κ2) is 4.54. The van der Waals surface area contributed by atoms with Gasteiger partial charge in [0.15, 0.2) is 0 Å². The molecule has 1 aliphatic rings. The molecule has 15 heavy (non-hydrogen) atoms. The highest BCUT2D eigenvalue weighted by molar-refractivity contribution is 6.30. The number of rotatable bonds is 3. The van der Waals surface area contributed by atoms with Gasteiger partial charge in [-0.25, -0.2) is 4.98 Å². The van der Waals surface area contributed by atoms with Crippen molar-refractivity contribution in [2.45, 2.75) is 38.0 Å². The zero-order valence-corrected chi connectivity index (χ0v) is 9.93. The zero-order chi connectivity index (χ0) is 10.8. The van der Waals surface area contributed by atoms with E-state index in [1.54, 1.807) is 0 Å². The number of nitrogens with two attached hydrogens (primary N) is 1. The first-order valence-electron chi connectivity index (χ1n) is 5.65. The number of hydrogen-bond acceptors (Lipinski definition) is 2. The van der Waals surface area contributed by atoms with Gasteiger partial charge >= 0.3 is 0 Å². The molecule has 0 radical (unpaired) electrons. The van der Waals surface area contributed by atoms with E-state index in [0.717, 1.165) is 23.1 Å². The van der Waals surface area contributed by atoms with E-state index in [1.807, 2.05) is 11.6 Å². The minimum Gasteiger partial charge on any atom is -0.330 e. The molecule has 0 spiro atoms. The van der Waals surface area contributed by atoms with Crippen LogP contribution < -0.4 is 5.73 Å². The molecule has 0 atom stereocenters. The molecule has 2 N–H and O–H groups in total. The van der Waals surface area contributed by atoms with Crippen molar-refractivity contribution in [3.63, 3.8) is 0 Å². The van der Waals surface area contributed by atoms with E-state index in [2.05, 4.69) is 4.98 Å². The largest absolute Gasteiger partial charge is 0.330 e. The van der Waals surface area contributed by atoms with Gasteiger partial charge in [-0.15, -0.1) is 0 Å². The topological polar surface area (TPSA) is 43.8 Å². The highest BCUT2D eigenvalue weighted by Crippen LogP contribution is 2.35. The van der Waals surface area contributed by atoms with Crippen molar-refractivity contribution < 1.29 is 0 Å². The van der Waals surface area contributed by atoms with Gasteiger partial charge in [-0.3, -0.25) is 0 Å². The second-order valence-corrected chi connectivity index (χ2v) is 4.64. The van der Waals surface area contributed by atoms with E-state index < -0.39 is 0 Å². The maximum absolute atomic E-state index is 6.22. The van der Waals surface area contributed by atoms with Crippen molar-refractivity contribution in [1.82, 2.24) is 9.55 Å². The van der Waals surface area contributed by atoms with E-state index in [1.165, 1.54) is 25.7 Å². The standard InChI is InChI=1S/C11H18ClN3/c1-15-10(12)9(6-7-13)14-11(15)8-4-2-3-5-8/h8H,2-7,13H2,1H3. The second-order valence-electron chi connectivity index (χ2n) is 4.29. The fourth-order valence-electron chi connectivity index (χ4n) is 2.40. The zero-order valence-electron chi connectivity index (χ0n) is 9.17. The first-order chi connectivity index (χ1) is 7.24. The first kappa shape index (κ1) is 11.0. The predicted octanol–water partition coefficient (Wildman–Crippen LogP) is 2.23. The minimum absolute atomic E-state index is 0.610. The van der Waals surface area contributed by atoms with Crippen molar-refractivity contribution in [1.29, 1.82) is 0 Å². The lowest BCUT2D eigenvalue weighted by molar-refractivity contribution is 0.632. The molecule has 0 aromatic carbocycles. The Bertz CT molecular complexity index is 340. The Hall–Kier alpha value is -0.540. The molecule has 0 amide bonds. The van der Waals surface area contributed by atoms with E-state index in [9.17, 15) is 0 Å². The van der Waals surface area contributed by atoms with Gasteiger partial charge in [0.05, 0.1) is 5.69 Å². The molecule has 0 unspecified atom stereocenters. The molecule has 3 nitrogen and oxygen atoms in total. The summed E-state index contributed by atoms with van der Waals surface area (Å²) in [5, 5.41) is 0.766. The highest BCUT2D eigenvalue weighted by Gasteiger charge is 2.23. The van der Waals surface area contributed by atoms with E-state index in [4.69, 9.17) is 17.3 Å². The Morgan fingerprint density at radius 3 is 2.73 bits per heavy atom. The summed E-state index contributed by atoms with van der Waals surface area (Å²) in [7, 11) is 2.00. The monoisotopic (exact) mass is 227 g/mol. The van der Waals surface area contributed by atoms with Crippen LogP contribution >= 0.6 is 11.6 Å². The Morgan fingerprint density at radius 1 is 1.47 bits per heavy atom. The summed E-state index contributed by atoms with van der Waals surface area (Å²) in [6.07, 6.45) is 5.93. The Labute approximate surface area is 95.6 Å². The lowest BCUT2D eigenvalue weighted by Crippen LogP contribution is -2.03. The minimum atomic E-state index is 0.610. The quantitative estimate of drug-likeness (QED) is 0.861. The molecule has 1 fully saturated rings. The van der Waals surface area contributed by atoms with Crippen LogP contribution in [0, 0.1) is 0 Å². The Kier molecular flexibility index (Phi) is 3.32. The molecule has 1 aromatic rings. The molecule has 1 aliphatic carbocycles. The van der Waals surface area contributed by atoms with Crippen molar-refractivity contribution in [3.05, 3.63) is 16.7 Å². The van der Waals surface area contributed by atoms with Gasteiger partial charge < -0.3 is 10.3 Å². The average Bonchev–Trinajstić information content (AvgIpc) is 2.82. The van der Waals surface area contributed by atoms with Crippen molar-refractivity contribution in [2.75, 3.05) is 6.54 Å². The first-order valence-corrected chi connectivity index (χ1v) is 6.03. The molecular weight excluding hydrogens is 210 g/mol. The van der Waals surface area contributed by atoms with Crippen molar-refractivity contribution in [3.8, 4) is 0 Å². The number of nitrogens with zero attached hydrogens (tertiary/aromatic N) is 2. The van der Waals surface area contributed by atoms with Crippen LogP contribution in [0.5, 0.6) is 0 Å². The van der Waals surface area contributed by atoms with Crippen LogP contribution in [0.4, 0.5) is 0 Å². The molecule has 1 heterocycles. The molecule has 84 valence electrons. The lowest BCUT2D eigenvalue weighted by Gasteiger charge is -2.08. The summed E-state index contributed by atoms with van der Waals surface area (Å²) in [6, 6.07) is 0. The van der Waals surface area contributed by atoms with E-state index in [-0.39, 0.29) is 0 Å². The summed E-state index contributed by atoms with van der Waals surface area (Å²) in [6.45, 7) is 0.612.